The molecule has 1 aromatic heterocycles. The van der Waals surface area contributed by atoms with Crippen LogP contribution in [0.5, 0.6) is 5.75 Å². The van der Waals surface area contributed by atoms with Gasteiger partial charge in [-0.05, 0) is 32.0 Å². The molecule has 1 unspecified atom stereocenters. The van der Waals surface area contributed by atoms with Gasteiger partial charge in [-0.1, -0.05) is 0 Å². The SMILES string of the molecule is CO[C@@H]1[C@H](O)[C@H](OC(N)=O)C(Oc2ccc3ccc(=O)oc3c2)OC1(C)C. The molecule has 1 aromatic carbocycles. The zero-order valence-electron chi connectivity index (χ0n) is 15.1. The summed E-state index contributed by atoms with van der Waals surface area (Å²) < 4.78 is 27.1. The van der Waals surface area contributed by atoms with Gasteiger partial charge in [-0.25, -0.2) is 9.59 Å². The lowest BCUT2D eigenvalue weighted by Crippen LogP contribution is -2.65. The number of rotatable bonds is 4. The summed E-state index contributed by atoms with van der Waals surface area (Å²) in [4.78, 5) is 22.7. The number of hydrogen-bond acceptors (Lipinski definition) is 8. The van der Waals surface area contributed by atoms with E-state index in [1.54, 1.807) is 32.0 Å². The Bertz CT molecular complexity index is 892. The quantitative estimate of drug-likeness (QED) is 0.757. The van der Waals surface area contributed by atoms with Gasteiger partial charge in [-0.3, -0.25) is 0 Å². The average molecular weight is 379 g/mol. The number of primary amides is 1. The van der Waals surface area contributed by atoms with Crippen molar-refractivity contribution in [3.8, 4) is 5.75 Å². The molecule has 9 nitrogen and oxygen atoms in total. The number of aliphatic hydroxyl groups is 1. The van der Waals surface area contributed by atoms with E-state index in [1.165, 1.54) is 19.2 Å². The standard InChI is InChI=1S/C18H21NO8/c1-18(2)15(23-3)13(21)14(26-17(19)22)16(27-18)24-10-6-4-9-5-7-12(20)25-11(9)8-10/h4-8,13-16,21H,1-3H3,(H2,19,22)/t13-,14+,15-,16?/m1/s1. The van der Waals surface area contributed by atoms with Crippen LogP contribution in [0.25, 0.3) is 11.0 Å². The molecule has 1 amide bonds. The molecule has 27 heavy (non-hydrogen) atoms. The van der Waals surface area contributed by atoms with Crippen molar-refractivity contribution in [1.29, 1.82) is 0 Å². The summed E-state index contributed by atoms with van der Waals surface area (Å²) in [6, 6.07) is 7.77. The summed E-state index contributed by atoms with van der Waals surface area (Å²) in [6.07, 6.45) is -5.50. The van der Waals surface area contributed by atoms with Crippen molar-refractivity contribution in [1.82, 2.24) is 0 Å². The van der Waals surface area contributed by atoms with Crippen molar-refractivity contribution in [3.63, 3.8) is 0 Å². The predicted molar refractivity (Wildman–Crippen MR) is 93.3 cm³/mol. The number of amides is 1. The second-order valence-corrected chi connectivity index (χ2v) is 6.71. The molecule has 1 aliphatic heterocycles. The van der Waals surface area contributed by atoms with Crippen LogP contribution < -0.4 is 16.1 Å². The topological polar surface area (TPSA) is 130 Å². The van der Waals surface area contributed by atoms with Gasteiger partial charge in [0, 0.05) is 24.6 Å². The molecule has 1 aliphatic rings. The van der Waals surface area contributed by atoms with Gasteiger partial charge in [-0.2, -0.15) is 0 Å². The Morgan fingerprint density at radius 3 is 2.63 bits per heavy atom. The first-order chi connectivity index (χ1) is 12.7. The molecule has 3 N–H and O–H groups in total. The van der Waals surface area contributed by atoms with E-state index < -0.39 is 41.9 Å². The highest BCUT2D eigenvalue weighted by molar-refractivity contribution is 5.77. The third-order valence-electron chi connectivity index (χ3n) is 4.37. The van der Waals surface area contributed by atoms with Gasteiger partial charge < -0.3 is 34.2 Å². The summed E-state index contributed by atoms with van der Waals surface area (Å²) in [7, 11) is 1.41. The molecule has 2 aromatic rings. The lowest BCUT2D eigenvalue weighted by molar-refractivity contribution is -0.304. The number of aliphatic hydroxyl groups excluding tert-OH is 1. The van der Waals surface area contributed by atoms with Crippen molar-refractivity contribution in [2.75, 3.05) is 7.11 Å². The molecule has 1 fully saturated rings. The third kappa shape index (κ3) is 3.90. The Morgan fingerprint density at radius 1 is 1.26 bits per heavy atom. The van der Waals surface area contributed by atoms with Crippen LogP contribution in [0.15, 0.2) is 39.5 Å². The van der Waals surface area contributed by atoms with E-state index in [0.717, 1.165) is 0 Å². The number of nitrogens with two attached hydrogens (primary N) is 1. The summed E-state index contributed by atoms with van der Waals surface area (Å²) in [5.74, 6) is 0.291. The number of ether oxygens (including phenoxy) is 4. The molecule has 0 spiro atoms. The van der Waals surface area contributed by atoms with Gasteiger partial charge in [0.1, 0.15) is 23.5 Å². The maximum Gasteiger partial charge on any atom is 0.405 e. The molecule has 2 heterocycles. The molecule has 4 atom stereocenters. The monoisotopic (exact) mass is 379 g/mol. The van der Waals surface area contributed by atoms with Crippen LogP contribution in [0, 0.1) is 0 Å². The van der Waals surface area contributed by atoms with E-state index in [0.29, 0.717) is 16.7 Å². The van der Waals surface area contributed by atoms with Crippen LogP contribution >= 0.6 is 0 Å². The Hall–Kier alpha value is -2.62. The zero-order chi connectivity index (χ0) is 19.8. The third-order valence-corrected chi connectivity index (χ3v) is 4.37. The maximum absolute atomic E-state index is 11.4. The average Bonchev–Trinajstić information content (AvgIpc) is 2.57. The van der Waals surface area contributed by atoms with Crippen molar-refractivity contribution in [2.24, 2.45) is 5.73 Å². The van der Waals surface area contributed by atoms with Gasteiger partial charge in [0.05, 0.1) is 5.60 Å². The first-order valence-corrected chi connectivity index (χ1v) is 8.26. The van der Waals surface area contributed by atoms with Gasteiger partial charge in [0.2, 0.25) is 6.29 Å². The minimum atomic E-state index is -1.24. The van der Waals surface area contributed by atoms with Crippen LogP contribution in [0.1, 0.15) is 13.8 Å². The lowest BCUT2D eigenvalue weighted by Gasteiger charge is -2.47. The molecule has 0 saturated carbocycles. The van der Waals surface area contributed by atoms with Gasteiger partial charge >= 0.3 is 11.7 Å². The summed E-state index contributed by atoms with van der Waals surface area (Å²) in [6.45, 7) is 3.42. The second kappa shape index (κ2) is 7.18. The number of methoxy groups -OCH3 is 1. The molecular weight excluding hydrogens is 358 g/mol. The fraction of sp³-hybridized carbons (Fsp3) is 0.444. The minimum Gasteiger partial charge on any atom is -0.461 e. The van der Waals surface area contributed by atoms with E-state index >= 15 is 0 Å². The highest BCUT2D eigenvalue weighted by atomic mass is 16.7. The number of carbonyl (C=O) groups is 1. The molecule has 3 rings (SSSR count). The van der Waals surface area contributed by atoms with Crippen molar-refractivity contribution in [2.45, 2.75) is 44.1 Å². The maximum atomic E-state index is 11.4. The number of hydrogen-bond donors (Lipinski definition) is 2. The fourth-order valence-electron chi connectivity index (χ4n) is 3.20. The molecular formula is C18H21NO8. The lowest BCUT2D eigenvalue weighted by atomic mass is 9.89. The number of benzene rings is 1. The highest BCUT2D eigenvalue weighted by Crippen LogP contribution is 2.34. The first-order valence-electron chi connectivity index (χ1n) is 8.26. The predicted octanol–water partition coefficient (Wildman–Crippen LogP) is 1.15. The van der Waals surface area contributed by atoms with Crippen LogP contribution in [-0.4, -0.2) is 48.5 Å². The largest absolute Gasteiger partial charge is 0.461 e. The molecule has 1 saturated heterocycles. The van der Waals surface area contributed by atoms with E-state index in [4.69, 9.17) is 29.1 Å². The van der Waals surface area contributed by atoms with Crippen molar-refractivity contribution in [3.05, 3.63) is 40.8 Å². The first kappa shape index (κ1) is 19.2. The normalized spacial score (nSPS) is 27.3. The summed E-state index contributed by atoms with van der Waals surface area (Å²) in [5, 5.41) is 11.3. The number of carbonyl (C=O) groups excluding carboxylic acids is 1. The zero-order valence-corrected chi connectivity index (χ0v) is 15.1. The van der Waals surface area contributed by atoms with Crippen LogP contribution in [0.3, 0.4) is 0 Å². The Morgan fingerprint density at radius 2 is 1.96 bits per heavy atom. The number of fused-ring (bicyclic) bond motifs is 1. The Balaban J connectivity index is 1.92. The second-order valence-electron chi connectivity index (χ2n) is 6.71. The van der Waals surface area contributed by atoms with E-state index in [1.807, 2.05) is 0 Å². The van der Waals surface area contributed by atoms with E-state index in [2.05, 4.69) is 0 Å². The van der Waals surface area contributed by atoms with Gasteiger partial charge in [0.25, 0.3) is 0 Å². The molecule has 0 aliphatic carbocycles. The van der Waals surface area contributed by atoms with Crippen LogP contribution in [-0.2, 0) is 14.2 Å². The van der Waals surface area contributed by atoms with Gasteiger partial charge in [-0.15, -0.1) is 0 Å². The highest BCUT2D eigenvalue weighted by Gasteiger charge is 2.52. The van der Waals surface area contributed by atoms with Crippen LogP contribution in [0.2, 0.25) is 0 Å². The Labute approximate surface area is 154 Å². The fourth-order valence-corrected chi connectivity index (χ4v) is 3.20. The smallest absolute Gasteiger partial charge is 0.405 e. The van der Waals surface area contributed by atoms with E-state index in [9.17, 15) is 14.7 Å². The molecule has 0 bridgehead atoms. The molecule has 0 radical (unpaired) electrons. The van der Waals surface area contributed by atoms with Crippen molar-refractivity contribution < 1.29 is 33.3 Å². The van der Waals surface area contributed by atoms with Crippen LogP contribution in [0.4, 0.5) is 4.79 Å². The minimum absolute atomic E-state index is 0.291. The summed E-state index contributed by atoms with van der Waals surface area (Å²) in [5.41, 5.74) is 3.99. The van der Waals surface area contributed by atoms with Gasteiger partial charge in [0.15, 0.2) is 6.10 Å². The Kier molecular flexibility index (Phi) is 5.09. The summed E-state index contributed by atoms with van der Waals surface area (Å²) >= 11 is 0. The van der Waals surface area contributed by atoms with E-state index in [-0.39, 0.29) is 0 Å². The van der Waals surface area contributed by atoms with Crippen molar-refractivity contribution >= 4 is 17.1 Å². The molecule has 146 valence electrons. The molecule has 9 heteroatoms.